The van der Waals surface area contributed by atoms with Gasteiger partial charge in [0.2, 0.25) is 15.8 Å². The van der Waals surface area contributed by atoms with Crippen LogP contribution in [0.4, 0.5) is 10.1 Å². The van der Waals surface area contributed by atoms with Gasteiger partial charge in [-0.15, -0.1) is 0 Å². The summed E-state index contributed by atoms with van der Waals surface area (Å²) in [7, 11) is -3.84. The van der Waals surface area contributed by atoms with Crippen LogP contribution >= 0.6 is 11.8 Å². The van der Waals surface area contributed by atoms with Gasteiger partial charge in [-0.3, -0.25) is 10.1 Å². The van der Waals surface area contributed by atoms with Crippen molar-refractivity contribution in [1.29, 1.82) is 0 Å². The first-order valence-electron chi connectivity index (χ1n) is 6.31. The van der Waals surface area contributed by atoms with E-state index in [0.29, 0.717) is 19.2 Å². The van der Waals surface area contributed by atoms with E-state index < -0.39 is 26.5 Å². The average molecular weight is 334 g/mol. The van der Waals surface area contributed by atoms with E-state index in [4.69, 9.17) is 0 Å². The van der Waals surface area contributed by atoms with Crippen LogP contribution in [0.3, 0.4) is 0 Å². The number of nitro groups is 1. The van der Waals surface area contributed by atoms with Crippen molar-refractivity contribution in [1.82, 2.24) is 4.31 Å². The Bertz CT molecular complexity index is 655. The molecule has 116 valence electrons. The van der Waals surface area contributed by atoms with Crippen LogP contribution in [0.2, 0.25) is 0 Å². The summed E-state index contributed by atoms with van der Waals surface area (Å²) in [5, 5.41) is 10.9. The maximum absolute atomic E-state index is 13.6. The van der Waals surface area contributed by atoms with Gasteiger partial charge >= 0.3 is 5.69 Å². The number of sulfonamides is 1. The van der Waals surface area contributed by atoms with E-state index in [-0.39, 0.29) is 15.4 Å². The first kappa shape index (κ1) is 16.2. The number of nitrogens with zero attached hydrogens (tertiary/aromatic N) is 2. The van der Waals surface area contributed by atoms with E-state index in [1.165, 1.54) is 4.31 Å². The van der Waals surface area contributed by atoms with Gasteiger partial charge < -0.3 is 0 Å². The number of halogens is 1. The number of nitro benzene ring substituents is 1. The molecule has 1 fully saturated rings. The van der Waals surface area contributed by atoms with E-state index in [0.717, 1.165) is 12.1 Å². The van der Waals surface area contributed by atoms with Crippen LogP contribution in [0.25, 0.3) is 0 Å². The van der Waals surface area contributed by atoms with Gasteiger partial charge in [-0.1, -0.05) is 13.8 Å². The van der Waals surface area contributed by atoms with Crippen LogP contribution < -0.4 is 0 Å². The van der Waals surface area contributed by atoms with E-state index in [1.807, 2.05) is 13.8 Å². The normalized spacial score (nSPS) is 24.0. The third-order valence-corrected chi connectivity index (χ3v) is 6.19. The maximum atomic E-state index is 13.6. The molecule has 0 N–H and O–H groups in total. The molecular formula is C12H15FN2O4S2. The molecule has 9 heteroatoms. The Morgan fingerprint density at radius 2 is 1.90 bits per heavy atom. The smallest absolute Gasteiger partial charge is 0.258 e. The Kier molecular flexibility index (Phi) is 4.54. The number of thioether (sulfide) groups is 1. The Morgan fingerprint density at radius 1 is 1.33 bits per heavy atom. The molecule has 6 nitrogen and oxygen atoms in total. The van der Waals surface area contributed by atoms with Gasteiger partial charge in [0, 0.05) is 35.7 Å². The van der Waals surface area contributed by atoms with Crippen LogP contribution in [0.15, 0.2) is 23.1 Å². The van der Waals surface area contributed by atoms with Crippen LogP contribution in [0.1, 0.15) is 13.8 Å². The fourth-order valence-corrected chi connectivity index (χ4v) is 5.42. The Hall–Kier alpha value is -1.19. The molecule has 21 heavy (non-hydrogen) atoms. The molecule has 0 bridgehead atoms. The zero-order valence-electron chi connectivity index (χ0n) is 11.5. The van der Waals surface area contributed by atoms with Crippen molar-refractivity contribution < 1.29 is 17.7 Å². The van der Waals surface area contributed by atoms with Gasteiger partial charge in [0.25, 0.3) is 0 Å². The molecule has 1 aliphatic heterocycles. The largest absolute Gasteiger partial charge is 0.304 e. The summed E-state index contributed by atoms with van der Waals surface area (Å²) in [5.74, 6) is -1.14. The second kappa shape index (κ2) is 5.90. The molecule has 0 radical (unpaired) electrons. The van der Waals surface area contributed by atoms with E-state index >= 15 is 0 Å². The quantitative estimate of drug-likeness (QED) is 0.625. The van der Waals surface area contributed by atoms with Gasteiger partial charge in [-0.05, 0) is 6.07 Å². The molecule has 1 aromatic carbocycles. The molecule has 2 atom stereocenters. The van der Waals surface area contributed by atoms with E-state index in [2.05, 4.69) is 0 Å². The minimum atomic E-state index is -3.84. The van der Waals surface area contributed by atoms with Gasteiger partial charge in [0.05, 0.1) is 9.82 Å². The van der Waals surface area contributed by atoms with Crippen molar-refractivity contribution in [2.75, 3.05) is 13.1 Å². The average Bonchev–Trinajstić information content (AvgIpc) is 2.36. The highest BCUT2D eigenvalue weighted by Gasteiger charge is 2.33. The lowest BCUT2D eigenvalue weighted by Crippen LogP contribution is -2.43. The minimum Gasteiger partial charge on any atom is -0.258 e. The monoisotopic (exact) mass is 334 g/mol. The molecule has 1 saturated heterocycles. The standard InChI is InChI=1S/C12H15FN2O4S2/c1-8-6-14(7-9(2)20-8)21(18,19)10-3-4-12(15(16)17)11(13)5-10/h3-5,8-9H,6-7H2,1-2H3. The van der Waals surface area contributed by atoms with Crippen molar-refractivity contribution in [2.45, 2.75) is 29.2 Å². The van der Waals surface area contributed by atoms with Crippen molar-refractivity contribution >= 4 is 27.5 Å². The minimum absolute atomic E-state index is 0.145. The van der Waals surface area contributed by atoms with E-state index in [9.17, 15) is 22.9 Å². The summed E-state index contributed by atoms with van der Waals surface area (Å²) < 4.78 is 39.9. The Labute approximate surface area is 126 Å². The van der Waals surface area contributed by atoms with Gasteiger partial charge in [0.1, 0.15) is 0 Å². The third-order valence-electron chi connectivity index (χ3n) is 3.14. The summed E-state index contributed by atoms with van der Waals surface area (Å²) in [5.41, 5.74) is -0.732. The van der Waals surface area contributed by atoms with Crippen molar-refractivity contribution in [3.8, 4) is 0 Å². The second-order valence-corrected chi connectivity index (χ2v) is 8.77. The first-order chi connectivity index (χ1) is 9.71. The molecule has 0 saturated carbocycles. The molecule has 1 aliphatic rings. The maximum Gasteiger partial charge on any atom is 0.304 e. The molecule has 1 heterocycles. The van der Waals surface area contributed by atoms with Crippen LogP contribution in [-0.4, -0.2) is 41.2 Å². The fourth-order valence-electron chi connectivity index (χ4n) is 2.27. The lowest BCUT2D eigenvalue weighted by Gasteiger charge is -2.33. The first-order valence-corrected chi connectivity index (χ1v) is 8.69. The van der Waals surface area contributed by atoms with Crippen LogP contribution in [0.5, 0.6) is 0 Å². The molecule has 0 spiro atoms. The molecular weight excluding hydrogens is 319 g/mol. The SMILES string of the molecule is CC1CN(S(=O)(=O)c2ccc([N+](=O)[O-])c(F)c2)CC(C)S1. The van der Waals surface area contributed by atoms with Gasteiger partial charge in [-0.25, -0.2) is 8.42 Å². The lowest BCUT2D eigenvalue weighted by molar-refractivity contribution is -0.387. The molecule has 2 rings (SSSR count). The molecule has 0 amide bonds. The highest BCUT2D eigenvalue weighted by atomic mass is 32.2. The Morgan fingerprint density at radius 3 is 2.38 bits per heavy atom. The highest BCUT2D eigenvalue weighted by molar-refractivity contribution is 8.00. The second-order valence-electron chi connectivity index (χ2n) is 4.95. The summed E-state index contributed by atoms with van der Waals surface area (Å²) in [6.45, 7) is 4.55. The fraction of sp³-hybridized carbons (Fsp3) is 0.500. The van der Waals surface area contributed by atoms with Crippen molar-refractivity contribution in [3.05, 3.63) is 34.1 Å². The number of rotatable bonds is 3. The predicted octanol–water partition coefficient (Wildman–Crippen LogP) is 2.25. The molecule has 0 aromatic heterocycles. The highest BCUT2D eigenvalue weighted by Crippen LogP contribution is 2.30. The van der Waals surface area contributed by atoms with Crippen molar-refractivity contribution in [3.63, 3.8) is 0 Å². The third kappa shape index (κ3) is 3.35. The van der Waals surface area contributed by atoms with Gasteiger partial charge in [0.15, 0.2) is 0 Å². The summed E-state index contributed by atoms with van der Waals surface area (Å²) in [6.07, 6.45) is 0. The molecule has 0 aliphatic carbocycles. The zero-order chi connectivity index (χ0) is 15.8. The van der Waals surface area contributed by atoms with Crippen molar-refractivity contribution in [2.24, 2.45) is 0 Å². The van der Waals surface area contributed by atoms with Crippen LogP contribution in [0, 0.1) is 15.9 Å². The summed E-state index contributed by atoms with van der Waals surface area (Å²) in [6, 6.07) is 2.67. The van der Waals surface area contributed by atoms with Gasteiger partial charge in [-0.2, -0.15) is 20.5 Å². The lowest BCUT2D eigenvalue weighted by atomic mass is 10.3. The van der Waals surface area contributed by atoms with E-state index in [1.54, 1.807) is 11.8 Å². The number of hydrogen-bond donors (Lipinski definition) is 0. The Balaban J connectivity index is 2.35. The zero-order valence-corrected chi connectivity index (χ0v) is 13.2. The summed E-state index contributed by atoms with van der Waals surface area (Å²) in [4.78, 5) is 9.44. The summed E-state index contributed by atoms with van der Waals surface area (Å²) >= 11 is 1.70. The van der Waals surface area contributed by atoms with Crippen LogP contribution in [-0.2, 0) is 10.0 Å². The predicted molar refractivity (Wildman–Crippen MR) is 78.3 cm³/mol. The topological polar surface area (TPSA) is 80.5 Å². The number of benzene rings is 1. The molecule has 1 aromatic rings. The number of hydrogen-bond acceptors (Lipinski definition) is 5. The molecule has 2 unspecified atom stereocenters.